The maximum Gasteiger partial charge on any atom is 0.125 e. The first-order valence-electron chi connectivity index (χ1n) is 3.80. The van der Waals surface area contributed by atoms with Gasteiger partial charge in [0.25, 0.3) is 0 Å². The molecule has 0 fully saturated rings. The molecule has 0 saturated heterocycles. The first kappa shape index (κ1) is 9.39. The molecule has 12 heavy (non-hydrogen) atoms. The minimum Gasteiger partial charge on any atom is -0.242 e. The molecule has 0 aliphatic carbocycles. The molecule has 1 atom stereocenters. The molecular weight excluding hydrogens is 216 g/mol. The Kier molecular flexibility index (Phi) is 3.41. The summed E-state index contributed by atoms with van der Waals surface area (Å²) >= 11 is 3.42. The first-order valence-corrected chi connectivity index (χ1v) is 4.72. The lowest BCUT2D eigenvalue weighted by atomic mass is 10.3. The van der Waals surface area contributed by atoms with Gasteiger partial charge in [-0.1, -0.05) is 22.0 Å². The van der Waals surface area contributed by atoms with Gasteiger partial charge in [-0.3, -0.25) is 0 Å². The van der Waals surface area contributed by atoms with Crippen molar-refractivity contribution in [2.75, 3.05) is 0 Å². The third kappa shape index (κ3) is 3.13. The minimum absolute atomic E-state index is 0.382. The molecule has 0 spiro atoms. The van der Waals surface area contributed by atoms with Crippen molar-refractivity contribution < 1.29 is 0 Å². The third-order valence-corrected chi connectivity index (χ3v) is 1.63. The Bertz CT molecular complexity index is 282. The fourth-order valence-corrected chi connectivity index (χ4v) is 0.951. The maximum absolute atomic E-state index is 4.23. The number of rotatable bonds is 2. The topological polar surface area (TPSA) is 25.8 Å². The van der Waals surface area contributed by atoms with Crippen molar-refractivity contribution in [1.29, 1.82) is 0 Å². The average molecular weight is 227 g/mol. The lowest BCUT2D eigenvalue weighted by Crippen LogP contribution is -1.89. The summed E-state index contributed by atoms with van der Waals surface area (Å²) < 4.78 is 0. The smallest absolute Gasteiger partial charge is 0.125 e. The van der Waals surface area contributed by atoms with Crippen LogP contribution < -0.4 is 0 Å². The number of alkyl halides is 1. The summed E-state index contributed by atoms with van der Waals surface area (Å²) in [5.41, 5.74) is 0.953. The van der Waals surface area contributed by atoms with Crippen LogP contribution in [0, 0.1) is 6.92 Å². The highest BCUT2D eigenvalue weighted by molar-refractivity contribution is 9.09. The molecule has 0 aliphatic rings. The van der Waals surface area contributed by atoms with E-state index in [0.717, 1.165) is 11.5 Å². The Morgan fingerprint density at radius 2 is 2.33 bits per heavy atom. The molecule has 0 radical (unpaired) electrons. The number of allylic oxidation sites excluding steroid dienone is 1. The standard InChI is InChI=1S/C9H11BrN2/c1-7(10)3-4-9-5-6-11-8(2)12-9/h3-7H,1-2H3/b4-3+. The Morgan fingerprint density at radius 1 is 1.58 bits per heavy atom. The molecular formula is C9H11BrN2. The summed E-state index contributed by atoms with van der Waals surface area (Å²) in [5, 5.41) is 0. The Morgan fingerprint density at radius 3 is 2.92 bits per heavy atom. The van der Waals surface area contributed by atoms with Crippen LogP contribution in [0.4, 0.5) is 0 Å². The van der Waals surface area contributed by atoms with Crippen LogP contribution in [0.1, 0.15) is 18.4 Å². The van der Waals surface area contributed by atoms with Gasteiger partial charge in [-0.25, -0.2) is 9.97 Å². The number of aromatic nitrogens is 2. The molecule has 0 bridgehead atoms. The number of aryl methyl sites for hydroxylation is 1. The van der Waals surface area contributed by atoms with Crippen molar-refractivity contribution in [3.63, 3.8) is 0 Å². The van der Waals surface area contributed by atoms with Crippen LogP contribution in [-0.2, 0) is 0 Å². The maximum atomic E-state index is 4.23. The zero-order valence-electron chi connectivity index (χ0n) is 7.16. The van der Waals surface area contributed by atoms with Crippen LogP contribution in [0.2, 0.25) is 0 Å². The molecule has 0 aromatic carbocycles. The molecule has 0 N–H and O–H groups in total. The van der Waals surface area contributed by atoms with Crippen LogP contribution in [-0.4, -0.2) is 14.8 Å². The fourth-order valence-electron chi connectivity index (χ4n) is 0.798. The van der Waals surface area contributed by atoms with E-state index in [0.29, 0.717) is 4.83 Å². The van der Waals surface area contributed by atoms with E-state index < -0.39 is 0 Å². The highest BCUT2D eigenvalue weighted by Gasteiger charge is 1.90. The van der Waals surface area contributed by atoms with E-state index in [9.17, 15) is 0 Å². The van der Waals surface area contributed by atoms with Crippen LogP contribution in [0.15, 0.2) is 18.3 Å². The van der Waals surface area contributed by atoms with E-state index in [1.807, 2.05) is 25.1 Å². The van der Waals surface area contributed by atoms with Gasteiger partial charge in [-0.05, 0) is 26.0 Å². The molecule has 64 valence electrons. The predicted molar refractivity (Wildman–Crippen MR) is 54.2 cm³/mol. The number of hydrogen-bond donors (Lipinski definition) is 0. The average Bonchev–Trinajstić information content (AvgIpc) is 2.01. The molecule has 1 unspecified atom stereocenters. The predicted octanol–water partition coefficient (Wildman–Crippen LogP) is 2.58. The van der Waals surface area contributed by atoms with E-state index in [2.05, 4.69) is 32.8 Å². The zero-order chi connectivity index (χ0) is 8.97. The van der Waals surface area contributed by atoms with Gasteiger partial charge in [0, 0.05) is 11.0 Å². The summed E-state index contributed by atoms with van der Waals surface area (Å²) in [5.74, 6) is 0.805. The second kappa shape index (κ2) is 4.36. The molecule has 0 aliphatic heterocycles. The van der Waals surface area contributed by atoms with E-state index in [1.54, 1.807) is 6.20 Å². The fraction of sp³-hybridized carbons (Fsp3) is 0.333. The summed E-state index contributed by atoms with van der Waals surface area (Å²) in [6.07, 6.45) is 5.79. The van der Waals surface area contributed by atoms with E-state index in [1.165, 1.54) is 0 Å². The van der Waals surface area contributed by atoms with Crippen molar-refractivity contribution in [3.8, 4) is 0 Å². The lowest BCUT2D eigenvalue weighted by molar-refractivity contribution is 1.04. The van der Waals surface area contributed by atoms with Crippen LogP contribution in [0.25, 0.3) is 6.08 Å². The zero-order valence-corrected chi connectivity index (χ0v) is 8.75. The van der Waals surface area contributed by atoms with E-state index >= 15 is 0 Å². The van der Waals surface area contributed by atoms with Gasteiger partial charge in [-0.2, -0.15) is 0 Å². The van der Waals surface area contributed by atoms with Gasteiger partial charge < -0.3 is 0 Å². The monoisotopic (exact) mass is 226 g/mol. The van der Waals surface area contributed by atoms with Crippen LogP contribution in [0.3, 0.4) is 0 Å². The SMILES string of the molecule is Cc1nccc(/C=C/C(C)Br)n1. The largest absolute Gasteiger partial charge is 0.242 e. The Labute approximate surface area is 80.9 Å². The second-order valence-electron chi connectivity index (χ2n) is 2.57. The van der Waals surface area contributed by atoms with Gasteiger partial charge in [0.05, 0.1) is 5.69 Å². The quantitative estimate of drug-likeness (QED) is 0.725. The molecule has 2 nitrogen and oxygen atoms in total. The van der Waals surface area contributed by atoms with Gasteiger partial charge in [0.2, 0.25) is 0 Å². The van der Waals surface area contributed by atoms with Crippen LogP contribution in [0.5, 0.6) is 0 Å². The molecule has 1 aromatic rings. The van der Waals surface area contributed by atoms with Crippen LogP contribution >= 0.6 is 15.9 Å². The molecule has 1 aromatic heterocycles. The normalized spacial score (nSPS) is 13.6. The van der Waals surface area contributed by atoms with Crippen molar-refractivity contribution in [2.24, 2.45) is 0 Å². The van der Waals surface area contributed by atoms with Crippen molar-refractivity contribution in [2.45, 2.75) is 18.7 Å². The molecule has 3 heteroatoms. The number of halogens is 1. The van der Waals surface area contributed by atoms with Crippen molar-refractivity contribution >= 4 is 22.0 Å². The second-order valence-corrected chi connectivity index (χ2v) is 4.01. The highest BCUT2D eigenvalue weighted by atomic mass is 79.9. The minimum atomic E-state index is 0.382. The van der Waals surface area contributed by atoms with Crippen molar-refractivity contribution in [3.05, 3.63) is 29.9 Å². The summed E-state index contributed by atoms with van der Waals surface area (Å²) in [6, 6.07) is 1.89. The Hall–Kier alpha value is -0.700. The number of nitrogens with zero attached hydrogens (tertiary/aromatic N) is 2. The molecule has 1 rings (SSSR count). The highest BCUT2D eigenvalue weighted by Crippen LogP contribution is 2.03. The van der Waals surface area contributed by atoms with Gasteiger partial charge in [0.1, 0.15) is 5.82 Å². The van der Waals surface area contributed by atoms with Crippen molar-refractivity contribution in [1.82, 2.24) is 9.97 Å². The third-order valence-electron chi connectivity index (χ3n) is 1.33. The van der Waals surface area contributed by atoms with E-state index in [-0.39, 0.29) is 0 Å². The number of hydrogen-bond acceptors (Lipinski definition) is 2. The lowest BCUT2D eigenvalue weighted by Gasteiger charge is -1.94. The molecule has 0 saturated carbocycles. The summed E-state index contributed by atoms with van der Waals surface area (Å²) in [7, 11) is 0. The Balaban J connectivity index is 2.76. The molecule has 0 amide bonds. The summed E-state index contributed by atoms with van der Waals surface area (Å²) in [6.45, 7) is 3.94. The van der Waals surface area contributed by atoms with E-state index in [4.69, 9.17) is 0 Å². The van der Waals surface area contributed by atoms with Gasteiger partial charge in [-0.15, -0.1) is 0 Å². The van der Waals surface area contributed by atoms with Gasteiger partial charge >= 0.3 is 0 Å². The molecule has 1 heterocycles. The van der Waals surface area contributed by atoms with Gasteiger partial charge in [0.15, 0.2) is 0 Å². The summed E-state index contributed by atoms with van der Waals surface area (Å²) in [4.78, 5) is 8.62. The first-order chi connectivity index (χ1) is 5.68.